The summed E-state index contributed by atoms with van der Waals surface area (Å²) in [4.78, 5) is 26.2. The third-order valence-electron chi connectivity index (χ3n) is 4.43. The van der Waals surface area contributed by atoms with Crippen LogP contribution in [0, 0.1) is 11.7 Å². The summed E-state index contributed by atoms with van der Waals surface area (Å²) in [5, 5.41) is 8.16. The van der Waals surface area contributed by atoms with E-state index in [1.54, 1.807) is 17.9 Å². The second-order valence-corrected chi connectivity index (χ2v) is 6.79. The van der Waals surface area contributed by atoms with Crippen molar-refractivity contribution in [3.8, 4) is 0 Å². The summed E-state index contributed by atoms with van der Waals surface area (Å²) in [5.74, 6) is -1.28. The van der Waals surface area contributed by atoms with Crippen LogP contribution in [0.3, 0.4) is 0 Å². The topological polar surface area (TPSA) is 77.3 Å². The highest BCUT2D eigenvalue weighted by atomic mass is 35.5. The quantitative estimate of drug-likeness (QED) is 0.728. The van der Waals surface area contributed by atoms with Crippen molar-refractivity contribution in [2.45, 2.75) is 26.3 Å². The Labute approximate surface area is 161 Å². The molecule has 1 aliphatic heterocycles. The Hall–Kier alpha value is -2.48. The predicted molar refractivity (Wildman–Crippen MR) is 95.8 cm³/mol. The van der Waals surface area contributed by atoms with E-state index in [9.17, 15) is 14.0 Å². The summed E-state index contributed by atoms with van der Waals surface area (Å²) < 4.78 is 19.7. The molecule has 9 heteroatoms. The molecule has 1 fully saturated rings. The molecule has 0 unspecified atom stereocenters. The van der Waals surface area contributed by atoms with Crippen LogP contribution in [0.1, 0.15) is 35.8 Å². The highest BCUT2D eigenvalue weighted by Crippen LogP contribution is 2.20. The molecule has 0 radical (unpaired) electrons. The first-order valence-electron chi connectivity index (χ1n) is 8.78. The maximum atomic E-state index is 13.1. The number of hydrogen-bond acceptors (Lipinski definition) is 5. The third kappa shape index (κ3) is 4.63. The number of amides is 1. The first-order valence-corrected chi connectivity index (χ1v) is 9.15. The molecular formula is C18H20ClFN4O3. The van der Waals surface area contributed by atoms with Crippen LogP contribution < -0.4 is 0 Å². The number of halogens is 2. The summed E-state index contributed by atoms with van der Waals surface area (Å²) in [7, 11) is 0. The van der Waals surface area contributed by atoms with Gasteiger partial charge < -0.3 is 9.64 Å². The van der Waals surface area contributed by atoms with E-state index in [-0.39, 0.29) is 35.1 Å². The minimum Gasteiger partial charge on any atom is -0.466 e. The fourth-order valence-electron chi connectivity index (χ4n) is 3.07. The van der Waals surface area contributed by atoms with Gasteiger partial charge in [-0.3, -0.25) is 9.59 Å². The van der Waals surface area contributed by atoms with Gasteiger partial charge in [0.15, 0.2) is 5.69 Å². The number of piperidine rings is 1. The van der Waals surface area contributed by atoms with Crippen molar-refractivity contribution >= 4 is 23.5 Å². The zero-order chi connectivity index (χ0) is 19.4. The molecule has 1 atom stereocenters. The lowest BCUT2D eigenvalue weighted by molar-refractivity contribution is -0.149. The SMILES string of the molecule is CCOC(=O)[C@@H]1CCCN(C(=O)c2cn(Cc3ccc(F)cc3Cl)nn2)C1. The number of rotatable bonds is 5. The van der Waals surface area contributed by atoms with E-state index in [1.165, 1.54) is 23.0 Å². The predicted octanol–water partition coefficient (Wildman–Crippen LogP) is 2.53. The number of carbonyl (C=O) groups excluding carboxylic acids is 2. The van der Waals surface area contributed by atoms with Crippen molar-refractivity contribution in [3.05, 3.63) is 46.5 Å². The van der Waals surface area contributed by atoms with Gasteiger partial charge in [-0.1, -0.05) is 22.9 Å². The largest absolute Gasteiger partial charge is 0.466 e. The first-order chi connectivity index (χ1) is 13.0. The van der Waals surface area contributed by atoms with E-state index in [2.05, 4.69) is 10.3 Å². The Morgan fingerprint density at radius 1 is 1.41 bits per heavy atom. The maximum Gasteiger partial charge on any atom is 0.310 e. The van der Waals surface area contributed by atoms with E-state index in [0.29, 0.717) is 31.7 Å². The molecule has 1 saturated heterocycles. The third-order valence-corrected chi connectivity index (χ3v) is 4.79. The van der Waals surface area contributed by atoms with Crippen molar-refractivity contribution < 1.29 is 18.7 Å². The summed E-state index contributed by atoms with van der Waals surface area (Å²) >= 11 is 6.02. The number of ether oxygens (including phenoxy) is 1. The van der Waals surface area contributed by atoms with Crippen molar-refractivity contribution in [3.63, 3.8) is 0 Å². The number of carbonyl (C=O) groups is 2. The number of benzene rings is 1. The molecule has 0 saturated carbocycles. The normalized spacial score (nSPS) is 17.0. The molecule has 1 aromatic carbocycles. The Bertz CT molecular complexity index is 842. The van der Waals surface area contributed by atoms with E-state index >= 15 is 0 Å². The molecule has 0 N–H and O–H groups in total. The van der Waals surface area contributed by atoms with Crippen LogP contribution in [-0.2, 0) is 16.1 Å². The zero-order valence-corrected chi connectivity index (χ0v) is 15.7. The summed E-state index contributed by atoms with van der Waals surface area (Å²) in [5.41, 5.74) is 0.861. The molecule has 1 aromatic heterocycles. The average molecular weight is 395 g/mol. The van der Waals surface area contributed by atoms with Gasteiger partial charge in [-0.25, -0.2) is 9.07 Å². The standard InChI is InChI=1S/C18H20ClFN4O3/c1-2-27-18(26)13-4-3-7-23(9-13)17(25)16-11-24(22-21-16)10-12-5-6-14(20)8-15(12)19/h5-6,8,11,13H,2-4,7,9-10H2,1H3/t13-/m1/s1. The van der Waals surface area contributed by atoms with Crippen molar-refractivity contribution in [2.75, 3.05) is 19.7 Å². The van der Waals surface area contributed by atoms with Crippen LogP contribution >= 0.6 is 11.6 Å². The fraction of sp³-hybridized carbons (Fsp3) is 0.444. The van der Waals surface area contributed by atoms with Crippen LogP contribution in [-0.4, -0.2) is 51.5 Å². The van der Waals surface area contributed by atoms with Gasteiger partial charge in [-0.2, -0.15) is 0 Å². The van der Waals surface area contributed by atoms with Gasteiger partial charge in [0.25, 0.3) is 5.91 Å². The zero-order valence-electron chi connectivity index (χ0n) is 14.9. The number of aromatic nitrogens is 3. The molecule has 7 nitrogen and oxygen atoms in total. The Morgan fingerprint density at radius 2 is 2.22 bits per heavy atom. The van der Waals surface area contributed by atoms with Crippen LogP contribution in [0.15, 0.2) is 24.4 Å². The highest BCUT2D eigenvalue weighted by Gasteiger charge is 2.30. The van der Waals surface area contributed by atoms with Gasteiger partial charge in [-0.15, -0.1) is 5.10 Å². The number of hydrogen-bond donors (Lipinski definition) is 0. The number of nitrogens with zero attached hydrogens (tertiary/aromatic N) is 4. The molecule has 1 aliphatic rings. The van der Waals surface area contributed by atoms with E-state index in [0.717, 1.165) is 6.42 Å². The number of likely N-dealkylation sites (tertiary alicyclic amines) is 1. The van der Waals surface area contributed by atoms with Gasteiger partial charge in [-0.05, 0) is 37.5 Å². The Morgan fingerprint density at radius 3 is 2.96 bits per heavy atom. The van der Waals surface area contributed by atoms with Crippen molar-refractivity contribution in [1.29, 1.82) is 0 Å². The van der Waals surface area contributed by atoms with E-state index < -0.39 is 5.82 Å². The van der Waals surface area contributed by atoms with Gasteiger partial charge in [0.1, 0.15) is 5.82 Å². The summed E-state index contributed by atoms with van der Waals surface area (Å²) in [6.07, 6.45) is 2.96. The van der Waals surface area contributed by atoms with Crippen LogP contribution in [0.2, 0.25) is 5.02 Å². The molecule has 2 heterocycles. The molecule has 0 aliphatic carbocycles. The molecule has 144 valence electrons. The monoisotopic (exact) mass is 394 g/mol. The molecule has 2 aromatic rings. The molecule has 1 amide bonds. The van der Waals surface area contributed by atoms with Gasteiger partial charge >= 0.3 is 5.97 Å². The minimum absolute atomic E-state index is 0.192. The molecule has 3 rings (SSSR count). The Balaban J connectivity index is 1.66. The van der Waals surface area contributed by atoms with Crippen LogP contribution in [0.4, 0.5) is 4.39 Å². The first kappa shape index (κ1) is 19.3. The van der Waals surface area contributed by atoms with Crippen LogP contribution in [0.5, 0.6) is 0 Å². The van der Waals surface area contributed by atoms with Crippen molar-refractivity contribution in [1.82, 2.24) is 19.9 Å². The lowest BCUT2D eigenvalue weighted by Gasteiger charge is -2.30. The lowest BCUT2D eigenvalue weighted by Crippen LogP contribution is -2.43. The lowest BCUT2D eigenvalue weighted by atomic mass is 9.98. The van der Waals surface area contributed by atoms with Gasteiger partial charge in [0, 0.05) is 18.1 Å². The second-order valence-electron chi connectivity index (χ2n) is 6.38. The highest BCUT2D eigenvalue weighted by molar-refractivity contribution is 6.31. The average Bonchev–Trinajstić information content (AvgIpc) is 3.12. The van der Waals surface area contributed by atoms with Crippen LogP contribution in [0.25, 0.3) is 0 Å². The smallest absolute Gasteiger partial charge is 0.310 e. The molecule has 0 spiro atoms. The van der Waals surface area contributed by atoms with E-state index in [1.807, 2.05) is 0 Å². The van der Waals surface area contributed by atoms with E-state index in [4.69, 9.17) is 16.3 Å². The van der Waals surface area contributed by atoms with Crippen molar-refractivity contribution in [2.24, 2.45) is 5.92 Å². The summed E-state index contributed by atoms with van der Waals surface area (Å²) in [6.45, 7) is 3.23. The number of esters is 1. The molecule has 27 heavy (non-hydrogen) atoms. The molecule has 0 bridgehead atoms. The minimum atomic E-state index is -0.417. The fourth-order valence-corrected chi connectivity index (χ4v) is 3.30. The Kier molecular flexibility index (Phi) is 6.05. The van der Waals surface area contributed by atoms with Gasteiger partial charge in [0.2, 0.25) is 0 Å². The maximum absolute atomic E-state index is 13.1. The summed E-state index contributed by atoms with van der Waals surface area (Å²) in [6, 6.07) is 4.10. The second kappa shape index (κ2) is 8.47. The van der Waals surface area contributed by atoms with Gasteiger partial charge in [0.05, 0.1) is 25.3 Å². The molecular weight excluding hydrogens is 375 g/mol.